The summed E-state index contributed by atoms with van der Waals surface area (Å²) in [6, 6.07) is 2.52. The Bertz CT molecular complexity index is 696. The molecule has 1 saturated heterocycles. The second-order valence-corrected chi connectivity index (χ2v) is 8.65. The minimum absolute atomic E-state index is 0.0872. The molecule has 0 unspecified atom stereocenters. The first-order valence-corrected chi connectivity index (χ1v) is 9.45. The van der Waals surface area contributed by atoms with E-state index in [1.807, 2.05) is 4.90 Å². The Balaban J connectivity index is 1.65. The molecule has 2 fully saturated rings. The van der Waals surface area contributed by atoms with Crippen LogP contribution < -0.4 is 4.90 Å². The van der Waals surface area contributed by atoms with Crippen molar-refractivity contribution in [3.63, 3.8) is 0 Å². The molecule has 0 spiro atoms. The van der Waals surface area contributed by atoms with Gasteiger partial charge in [-0.15, -0.1) is 0 Å². The Morgan fingerprint density at radius 2 is 1.83 bits per heavy atom. The maximum absolute atomic E-state index is 12.8. The number of piperidine rings is 1. The zero-order valence-electron chi connectivity index (χ0n) is 13.3. The van der Waals surface area contributed by atoms with Crippen molar-refractivity contribution in [2.75, 3.05) is 25.0 Å². The third-order valence-electron chi connectivity index (χ3n) is 4.72. The maximum atomic E-state index is 12.8. The summed E-state index contributed by atoms with van der Waals surface area (Å²) in [4.78, 5) is 5.22. The molecule has 0 aromatic carbocycles. The second-order valence-electron chi connectivity index (χ2n) is 6.38. The number of alkyl halides is 3. The van der Waals surface area contributed by atoms with E-state index in [2.05, 4.69) is 4.98 Å². The van der Waals surface area contributed by atoms with E-state index in [4.69, 9.17) is 0 Å². The molecule has 1 aromatic rings. The SMILES string of the molecule is CN(C1CCN(c2ccnc(C(F)(F)F)c2)CC1)S(=O)(=O)C1CC1. The van der Waals surface area contributed by atoms with Gasteiger partial charge >= 0.3 is 6.18 Å². The molecule has 24 heavy (non-hydrogen) atoms. The van der Waals surface area contributed by atoms with Crippen LogP contribution in [0.15, 0.2) is 18.3 Å². The summed E-state index contributed by atoms with van der Waals surface area (Å²) in [5.74, 6) is 0. The third kappa shape index (κ3) is 3.51. The van der Waals surface area contributed by atoms with Crippen molar-refractivity contribution in [1.82, 2.24) is 9.29 Å². The average molecular weight is 363 g/mol. The van der Waals surface area contributed by atoms with Crippen LogP contribution in [-0.2, 0) is 16.2 Å². The van der Waals surface area contributed by atoms with Crippen molar-refractivity contribution < 1.29 is 21.6 Å². The number of rotatable bonds is 4. The molecule has 3 rings (SSSR count). The summed E-state index contributed by atoms with van der Waals surface area (Å²) in [7, 11) is -1.60. The van der Waals surface area contributed by atoms with Crippen molar-refractivity contribution in [3.05, 3.63) is 24.0 Å². The van der Waals surface area contributed by atoms with Crippen LogP contribution in [0.2, 0.25) is 0 Å². The standard InChI is InChI=1S/C15H20F3N3O2S/c1-20(24(22,23)13-2-3-13)11-5-8-21(9-6-11)12-4-7-19-14(10-12)15(16,17)18/h4,7,10-11,13H,2-3,5-6,8-9H2,1H3. The van der Waals surface area contributed by atoms with Gasteiger partial charge in [0.15, 0.2) is 0 Å². The average Bonchev–Trinajstić information content (AvgIpc) is 3.39. The molecule has 134 valence electrons. The summed E-state index contributed by atoms with van der Waals surface area (Å²) in [6.07, 6.45) is -0.648. The lowest BCUT2D eigenvalue weighted by molar-refractivity contribution is -0.141. The van der Waals surface area contributed by atoms with E-state index >= 15 is 0 Å². The number of halogens is 3. The summed E-state index contributed by atoms with van der Waals surface area (Å²) in [6.45, 7) is 1.05. The van der Waals surface area contributed by atoms with Crippen LogP contribution >= 0.6 is 0 Å². The molecule has 2 aliphatic rings. The first-order chi connectivity index (χ1) is 11.2. The van der Waals surface area contributed by atoms with Gasteiger partial charge in [0.1, 0.15) is 5.69 Å². The van der Waals surface area contributed by atoms with Crippen molar-refractivity contribution in [2.24, 2.45) is 0 Å². The van der Waals surface area contributed by atoms with E-state index in [1.54, 1.807) is 13.1 Å². The van der Waals surface area contributed by atoms with Crippen LogP contribution in [-0.4, -0.2) is 49.1 Å². The summed E-state index contributed by atoms with van der Waals surface area (Å²) in [5.41, 5.74) is -0.431. The number of anilines is 1. The van der Waals surface area contributed by atoms with Crippen molar-refractivity contribution in [1.29, 1.82) is 0 Å². The van der Waals surface area contributed by atoms with Gasteiger partial charge in [-0.3, -0.25) is 4.98 Å². The van der Waals surface area contributed by atoms with E-state index in [9.17, 15) is 21.6 Å². The summed E-state index contributed by atoms with van der Waals surface area (Å²) >= 11 is 0. The van der Waals surface area contributed by atoms with Crippen molar-refractivity contribution >= 4 is 15.7 Å². The molecule has 0 bridgehead atoms. The monoisotopic (exact) mass is 363 g/mol. The fourth-order valence-electron chi connectivity index (χ4n) is 3.07. The Labute approximate surface area is 139 Å². The molecule has 1 saturated carbocycles. The molecule has 1 aliphatic carbocycles. The minimum atomic E-state index is -4.47. The van der Waals surface area contributed by atoms with Gasteiger partial charge in [0.2, 0.25) is 10.0 Å². The number of hydrogen-bond donors (Lipinski definition) is 0. The number of sulfonamides is 1. The van der Waals surface area contributed by atoms with Gasteiger partial charge in [-0.25, -0.2) is 12.7 Å². The van der Waals surface area contributed by atoms with Gasteiger partial charge < -0.3 is 4.90 Å². The number of hydrogen-bond acceptors (Lipinski definition) is 4. The molecule has 1 aromatic heterocycles. The van der Waals surface area contributed by atoms with Gasteiger partial charge in [0, 0.05) is 38.1 Å². The van der Waals surface area contributed by atoms with Gasteiger partial charge in [0.05, 0.1) is 5.25 Å². The first kappa shape index (κ1) is 17.5. The Hall–Kier alpha value is -1.35. The highest BCUT2D eigenvalue weighted by atomic mass is 32.2. The fraction of sp³-hybridized carbons (Fsp3) is 0.667. The lowest BCUT2D eigenvalue weighted by Crippen LogP contribution is -2.46. The maximum Gasteiger partial charge on any atom is 0.433 e. The van der Waals surface area contributed by atoms with E-state index in [-0.39, 0.29) is 11.3 Å². The Kier molecular flexibility index (Phi) is 4.50. The summed E-state index contributed by atoms with van der Waals surface area (Å²) < 4.78 is 64.3. The molecule has 1 aliphatic heterocycles. The normalized spacial score (nSPS) is 20.6. The van der Waals surface area contributed by atoms with Gasteiger partial charge in [-0.1, -0.05) is 0 Å². The number of pyridine rings is 1. The lowest BCUT2D eigenvalue weighted by Gasteiger charge is -2.37. The van der Waals surface area contributed by atoms with Crippen molar-refractivity contribution in [3.8, 4) is 0 Å². The van der Waals surface area contributed by atoms with Crippen LogP contribution in [0.5, 0.6) is 0 Å². The van der Waals surface area contributed by atoms with Crippen LogP contribution in [0.4, 0.5) is 18.9 Å². The van der Waals surface area contributed by atoms with Crippen molar-refractivity contribution in [2.45, 2.75) is 43.2 Å². The summed E-state index contributed by atoms with van der Waals surface area (Å²) in [5, 5.41) is -0.241. The van der Waals surface area contributed by atoms with Gasteiger partial charge in [0.25, 0.3) is 0 Å². The van der Waals surface area contributed by atoms with E-state index in [0.717, 1.165) is 25.1 Å². The molecular formula is C15H20F3N3O2S. The van der Waals surface area contributed by atoms with Crippen LogP contribution in [0, 0.1) is 0 Å². The molecule has 2 heterocycles. The number of nitrogens with zero attached hydrogens (tertiary/aromatic N) is 3. The van der Waals surface area contributed by atoms with Crippen LogP contribution in [0.3, 0.4) is 0 Å². The highest BCUT2D eigenvalue weighted by Crippen LogP contribution is 2.34. The van der Waals surface area contributed by atoms with E-state index in [0.29, 0.717) is 31.6 Å². The van der Waals surface area contributed by atoms with Gasteiger partial charge in [-0.2, -0.15) is 13.2 Å². The highest BCUT2D eigenvalue weighted by Gasteiger charge is 2.41. The van der Waals surface area contributed by atoms with Crippen LogP contribution in [0.1, 0.15) is 31.4 Å². The Morgan fingerprint density at radius 3 is 2.38 bits per heavy atom. The quantitative estimate of drug-likeness (QED) is 0.825. The molecule has 0 radical (unpaired) electrons. The lowest BCUT2D eigenvalue weighted by atomic mass is 10.0. The first-order valence-electron chi connectivity index (χ1n) is 7.94. The van der Waals surface area contributed by atoms with Crippen LogP contribution in [0.25, 0.3) is 0 Å². The molecule has 0 atom stereocenters. The second kappa shape index (κ2) is 6.18. The molecule has 0 amide bonds. The molecule has 5 nitrogen and oxygen atoms in total. The molecular weight excluding hydrogens is 343 g/mol. The smallest absolute Gasteiger partial charge is 0.371 e. The minimum Gasteiger partial charge on any atom is -0.371 e. The largest absolute Gasteiger partial charge is 0.433 e. The zero-order chi connectivity index (χ0) is 17.5. The van der Waals surface area contributed by atoms with E-state index in [1.165, 1.54) is 4.31 Å². The predicted molar refractivity (Wildman–Crippen MR) is 84.2 cm³/mol. The third-order valence-corrected chi connectivity index (χ3v) is 7.14. The number of aromatic nitrogens is 1. The topological polar surface area (TPSA) is 53.5 Å². The van der Waals surface area contributed by atoms with Gasteiger partial charge in [-0.05, 0) is 37.8 Å². The molecule has 0 N–H and O–H groups in total. The predicted octanol–water partition coefficient (Wildman–Crippen LogP) is 2.49. The Morgan fingerprint density at radius 1 is 1.21 bits per heavy atom. The fourth-order valence-corrected chi connectivity index (χ4v) is 4.90. The zero-order valence-corrected chi connectivity index (χ0v) is 14.1. The molecule has 9 heteroatoms. The van der Waals surface area contributed by atoms with E-state index < -0.39 is 21.9 Å². The highest BCUT2D eigenvalue weighted by molar-refractivity contribution is 7.90.